The molecule has 0 amide bonds. The summed E-state index contributed by atoms with van der Waals surface area (Å²) in [6, 6.07) is 0. The van der Waals surface area contributed by atoms with E-state index >= 15 is 0 Å². The minimum absolute atomic E-state index is 0.159. The summed E-state index contributed by atoms with van der Waals surface area (Å²) in [5.74, 6) is 0.434. The van der Waals surface area contributed by atoms with Crippen LogP contribution in [0.2, 0.25) is 0 Å². The molecule has 0 aromatic rings. The molecule has 0 aromatic heterocycles. The Kier molecular flexibility index (Phi) is 4.11. The molecule has 1 aliphatic heterocycles. The van der Waals surface area contributed by atoms with Crippen LogP contribution in [0.25, 0.3) is 0 Å². The van der Waals surface area contributed by atoms with E-state index in [9.17, 15) is 4.79 Å². The molecule has 0 spiro atoms. The summed E-state index contributed by atoms with van der Waals surface area (Å²) in [5.41, 5.74) is 5.17. The Balaban J connectivity index is 2.33. The van der Waals surface area contributed by atoms with Crippen molar-refractivity contribution in [2.24, 2.45) is 17.1 Å². The highest BCUT2D eigenvalue weighted by molar-refractivity contribution is 5.75. The molecule has 2 N–H and O–H groups in total. The average molecular weight is 214 g/mol. The number of piperidine rings is 1. The van der Waals surface area contributed by atoms with Gasteiger partial charge in [0.1, 0.15) is 0 Å². The molecule has 1 rings (SSSR count). The van der Waals surface area contributed by atoms with Crippen LogP contribution in [0.4, 0.5) is 0 Å². The van der Waals surface area contributed by atoms with Crippen LogP contribution in [-0.2, 0) is 9.63 Å². The molecule has 0 radical (unpaired) electrons. The fourth-order valence-electron chi connectivity index (χ4n) is 1.49. The van der Waals surface area contributed by atoms with Crippen LogP contribution >= 0.6 is 0 Å². The van der Waals surface area contributed by atoms with Gasteiger partial charge in [0.15, 0.2) is 0 Å². The molecule has 0 aromatic carbocycles. The van der Waals surface area contributed by atoms with Gasteiger partial charge < -0.3 is 10.6 Å². The van der Waals surface area contributed by atoms with Crippen molar-refractivity contribution in [3.8, 4) is 0 Å². The van der Waals surface area contributed by atoms with Gasteiger partial charge >= 0.3 is 5.97 Å². The second kappa shape index (κ2) is 4.94. The van der Waals surface area contributed by atoms with E-state index in [1.807, 2.05) is 20.8 Å². The minimum Gasteiger partial charge on any atom is -0.367 e. The van der Waals surface area contributed by atoms with Crippen LogP contribution in [0.1, 0.15) is 33.6 Å². The smallest absolute Gasteiger partial charge is 0.330 e. The van der Waals surface area contributed by atoms with Gasteiger partial charge in [-0.25, -0.2) is 4.79 Å². The molecule has 88 valence electrons. The van der Waals surface area contributed by atoms with Crippen molar-refractivity contribution in [3.63, 3.8) is 0 Å². The topological polar surface area (TPSA) is 55.6 Å². The fraction of sp³-hybridized carbons (Fsp3) is 0.909. The van der Waals surface area contributed by atoms with Gasteiger partial charge in [0, 0.05) is 13.1 Å². The summed E-state index contributed by atoms with van der Waals surface area (Å²) in [4.78, 5) is 16.9. The lowest BCUT2D eigenvalue weighted by Crippen LogP contribution is -2.40. The highest BCUT2D eigenvalue weighted by atomic mass is 16.7. The number of hydroxylamine groups is 2. The lowest BCUT2D eigenvalue weighted by molar-refractivity contribution is -0.205. The van der Waals surface area contributed by atoms with Gasteiger partial charge in [-0.2, -0.15) is 0 Å². The molecule has 4 nitrogen and oxygen atoms in total. The summed E-state index contributed by atoms with van der Waals surface area (Å²) < 4.78 is 0. The summed E-state index contributed by atoms with van der Waals surface area (Å²) in [7, 11) is 0. The van der Waals surface area contributed by atoms with E-state index in [2.05, 4.69) is 0 Å². The van der Waals surface area contributed by atoms with Crippen molar-refractivity contribution in [1.82, 2.24) is 5.06 Å². The number of hydrogen-bond acceptors (Lipinski definition) is 4. The highest BCUT2D eigenvalue weighted by Gasteiger charge is 2.27. The van der Waals surface area contributed by atoms with Gasteiger partial charge in [-0.3, -0.25) is 0 Å². The van der Waals surface area contributed by atoms with E-state index in [1.165, 1.54) is 0 Å². The van der Waals surface area contributed by atoms with Gasteiger partial charge in [0.25, 0.3) is 0 Å². The number of nitrogens with zero attached hydrogens (tertiary/aromatic N) is 1. The maximum Gasteiger partial charge on any atom is 0.330 e. The third kappa shape index (κ3) is 3.80. The van der Waals surface area contributed by atoms with Crippen molar-refractivity contribution >= 4 is 5.97 Å². The molecule has 1 saturated heterocycles. The first-order valence-corrected chi connectivity index (χ1v) is 5.61. The predicted octanol–water partition coefficient (Wildman–Crippen LogP) is 1.16. The second-order valence-electron chi connectivity index (χ2n) is 5.24. The molecule has 1 heterocycles. The Morgan fingerprint density at radius 3 is 2.33 bits per heavy atom. The van der Waals surface area contributed by atoms with Crippen LogP contribution < -0.4 is 5.73 Å². The highest BCUT2D eigenvalue weighted by Crippen LogP contribution is 2.20. The van der Waals surface area contributed by atoms with Gasteiger partial charge in [0.05, 0.1) is 5.41 Å². The molecule has 0 aliphatic carbocycles. The monoisotopic (exact) mass is 214 g/mol. The van der Waals surface area contributed by atoms with E-state index in [0.29, 0.717) is 5.92 Å². The molecule has 0 bridgehead atoms. The summed E-state index contributed by atoms with van der Waals surface area (Å²) in [6.45, 7) is 7.94. The van der Waals surface area contributed by atoms with Crippen LogP contribution in [0, 0.1) is 11.3 Å². The molecule has 0 atom stereocenters. The van der Waals surface area contributed by atoms with E-state index in [4.69, 9.17) is 10.6 Å². The third-order valence-corrected chi connectivity index (χ3v) is 2.73. The number of rotatable bonds is 2. The summed E-state index contributed by atoms with van der Waals surface area (Å²) in [6.07, 6.45) is 2.04. The minimum atomic E-state index is -0.426. The Bertz CT molecular complexity index is 215. The SMILES string of the molecule is CC(C)(C)C(=O)ON1CCC(CN)CC1. The third-order valence-electron chi connectivity index (χ3n) is 2.73. The Morgan fingerprint density at radius 1 is 1.40 bits per heavy atom. The first-order chi connectivity index (χ1) is 6.93. The Labute approximate surface area is 91.7 Å². The van der Waals surface area contributed by atoms with E-state index in [1.54, 1.807) is 5.06 Å². The lowest BCUT2D eigenvalue weighted by atomic mass is 9.97. The quantitative estimate of drug-likeness (QED) is 0.749. The number of carbonyl (C=O) groups excluding carboxylic acids is 1. The maximum atomic E-state index is 11.6. The Morgan fingerprint density at radius 2 is 1.93 bits per heavy atom. The normalized spacial score (nSPS) is 20.3. The zero-order valence-electron chi connectivity index (χ0n) is 9.95. The van der Waals surface area contributed by atoms with Crippen molar-refractivity contribution < 1.29 is 9.63 Å². The van der Waals surface area contributed by atoms with Gasteiger partial charge in [-0.15, -0.1) is 5.06 Å². The molecular weight excluding hydrogens is 192 g/mol. The van der Waals surface area contributed by atoms with E-state index < -0.39 is 5.41 Å². The molecular formula is C11H22N2O2. The van der Waals surface area contributed by atoms with E-state index in [0.717, 1.165) is 32.5 Å². The first-order valence-electron chi connectivity index (χ1n) is 5.61. The standard InChI is InChI=1S/C11H22N2O2/c1-11(2,3)10(14)15-13-6-4-9(8-12)5-7-13/h9H,4-8,12H2,1-3H3. The van der Waals surface area contributed by atoms with Crippen molar-refractivity contribution in [2.45, 2.75) is 33.6 Å². The number of hydrogen-bond donors (Lipinski definition) is 1. The largest absolute Gasteiger partial charge is 0.367 e. The molecule has 0 saturated carbocycles. The van der Waals surface area contributed by atoms with Gasteiger partial charge in [0.2, 0.25) is 0 Å². The summed E-state index contributed by atoms with van der Waals surface area (Å²) in [5, 5.41) is 1.76. The fourth-order valence-corrected chi connectivity index (χ4v) is 1.49. The predicted molar refractivity (Wildman–Crippen MR) is 58.9 cm³/mol. The van der Waals surface area contributed by atoms with Crippen LogP contribution in [0.5, 0.6) is 0 Å². The molecule has 15 heavy (non-hydrogen) atoms. The number of carbonyl (C=O) groups is 1. The second-order valence-corrected chi connectivity index (χ2v) is 5.24. The Hall–Kier alpha value is -0.610. The van der Waals surface area contributed by atoms with E-state index in [-0.39, 0.29) is 5.97 Å². The van der Waals surface area contributed by atoms with Crippen molar-refractivity contribution in [2.75, 3.05) is 19.6 Å². The molecule has 1 fully saturated rings. The van der Waals surface area contributed by atoms with Crippen LogP contribution in [0.15, 0.2) is 0 Å². The van der Waals surface area contributed by atoms with Crippen LogP contribution in [-0.4, -0.2) is 30.7 Å². The molecule has 0 unspecified atom stereocenters. The van der Waals surface area contributed by atoms with Gasteiger partial charge in [-0.05, 0) is 46.1 Å². The summed E-state index contributed by atoms with van der Waals surface area (Å²) >= 11 is 0. The van der Waals surface area contributed by atoms with Gasteiger partial charge in [-0.1, -0.05) is 0 Å². The van der Waals surface area contributed by atoms with Crippen molar-refractivity contribution in [3.05, 3.63) is 0 Å². The van der Waals surface area contributed by atoms with Crippen molar-refractivity contribution in [1.29, 1.82) is 0 Å². The molecule has 4 heteroatoms. The van der Waals surface area contributed by atoms with Crippen LogP contribution in [0.3, 0.4) is 0 Å². The number of nitrogens with two attached hydrogens (primary N) is 1. The average Bonchev–Trinajstić information content (AvgIpc) is 2.17. The zero-order chi connectivity index (χ0) is 11.5. The maximum absolute atomic E-state index is 11.6. The molecule has 1 aliphatic rings. The zero-order valence-corrected chi connectivity index (χ0v) is 9.95. The lowest BCUT2D eigenvalue weighted by Gasteiger charge is -2.31. The first kappa shape index (κ1) is 12.5.